The van der Waals surface area contributed by atoms with Crippen LogP contribution in [0.3, 0.4) is 0 Å². The average Bonchev–Trinajstić information content (AvgIpc) is 3.21. The minimum absolute atomic E-state index is 0.0237. The summed E-state index contributed by atoms with van der Waals surface area (Å²) in [7, 11) is -2.53. The topological polar surface area (TPSA) is 100 Å². The van der Waals surface area contributed by atoms with Crippen LogP contribution in [0.2, 0.25) is 0 Å². The Bertz CT molecular complexity index is 1380. The van der Waals surface area contributed by atoms with Gasteiger partial charge in [0.1, 0.15) is 10.6 Å². The maximum Gasteiger partial charge on any atom is 0.363 e. The zero-order valence-corrected chi connectivity index (χ0v) is 19.2. The number of aliphatic imine (C=N–C) groups is 1. The molecular formula is C25H21NO7S. The second-order valence-corrected chi connectivity index (χ2v) is 8.57. The highest BCUT2D eigenvalue weighted by atomic mass is 32.2. The smallest absolute Gasteiger partial charge is 0.363 e. The third-order valence-electron chi connectivity index (χ3n) is 4.76. The minimum atomic E-state index is -4.05. The van der Waals surface area contributed by atoms with Crippen molar-refractivity contribution in [1.29, 1.82) is 0 Å². The van der Waals surface area contributed by atoms with Gasteiger partial charge >= 0.3 is 16.1 Å². The van der Waals surface area contributed by atoms with E-state index in [2.05, 4.69) is 4.99 Å². The summed E-state index contributed by atoms with van der Waals surface area (Å²) >= 11 is 0. The van der Waals surface area contributed by atoms with Crippen molar-refractivity contribution in [3.05, 3.63) is 89.6 Å². The fourth-order valence-electron chi connectivity index (χ4n) is 3.21. The molecule has 0 fully saturated rings. The first-order chi connectivity index (χ1) is 16.4. The van der Waals surface area contributed by atoms with E-state index in [1.807, 2.05) is 0 Å². The van der Waals surface area contributed by atoms with Gasteiger partial charge in [0.15, 0.2) is 17.2 Å². The summed E-state index contributed by atoms with van der Waals surface area (Å²) in [4.78, 5) is 16.7. The molecule has 0 atom stereocenters. The molecule has 0 bridgehead atoms. The molecule has 3 aromatic carbocycles. The fourth-order valence-corrected chi connectivity index (χ4v) is 4.17. The van der Waals surface area contributed by atoms with Crippen LogP contribution in [0.5, 0.6) is 17.2 Å². The van der Waals surface area contributed by atoms with E-state index >= 15 is 0 Å². The zero-order chi connectivity index (χ0) is 24.1. The predicted octanol–water partition coefficient (Wildman–Crippen LogP) is 4.21. The Morgan fingerprint density at radius 2 is 1.68 bits per heavy atom. The highest BCUT2D eigenvalue weighted by Gasteiger charge is 2.26. The predicted molar refractivity (Wildman–Crippen MR) is 125 cm³/mol. The number of carbonyl (C=O) groups excluding carboxylic acids is 1. The van der Waals surface area contributed by atoms with Crippen molar-refractivity contribution in [3.8, 4) is 17.2 Å². The van der Waals surface area contributed by atoms with Gasteiger partial charge in [0.2, 0.25) is 5.90 Å². The van der Waals surface area contributed by atoms with Crippen molar-refractivity contribution in [2.75, 3.05) is 13.7 Å². The summed E-state index contributed by atoms with van der Waals surface area (Å²) in [5.74, 6) is 0.269. The molecule has 34 heavy (non-hydrogen) atoms. The molecule has 3 aromatic rings. The van der Waals surface area contributed by atoms with E-state index < -0.39 is 16.1 Å². The lowest BCUT2D eigenvalue weighted by molar-refractivity contribution is -0.129. The van der Waals surface area contributed by atoms with E-state index in [4.69, 9.17) is 18.4 Å². The van der Waals surface area contributed by atoms with Gasteiger partial charge in [-0.1, -0.05) is 36.4 Å². The Kier molecular flexibility index (Phi) is 6.65. The Hall–Kier alpha value is -4.11. The Balaban J connectivity index is 1.65. The number of esters is 1. The molecule has 0 N–H and O–H groups in total. The molecule has 0 saturated carbocycles. The van der Waals surface area contributed by atoms with Crippen LogP contribution in [0.25, 0.3) is 6.08 Å². The van der Waals surface area contributed by atoms with Gasteiger partial charge in [0.25, 0.3) is 0 Å². The molecule has 0 spiro atoms. The minimum Gasteiger partial charge on any atom is -0.496 e. The van der Waals surface area contributed by atoms with Crippen LogP contribution in [0.4, 0.5) is 0 Å². The van der Waals surface area contributed by atoms with Gasteiger partial charge in [-0.25, -0.2) is 9.79 Å². The summed E-state index contributed by atoms with van der Waals surface area (Å²) in [5.41, 5.74) is 1.17. The quantitative estimate of drug-likeness (QED) is 0.271. The van der Waals surface area contributed by atoms with Crippen LogP contribution < -0.4 is 13.7 Å². The molecule has 9 heteroatoms. The lowest BCUT2D eigenvalue weighted by atomic mass is 10.1. The molecule has 8 nitrogen and oxygen atoms in total. The Morgan fingerprint density at radius 1 is 0.941 bits per heavy atom. The van der Waals surface area contributed by atoms with E-state index in [9.17, 15) is 13.2 Å². The van der Waals surface area contributed by atoms with Gasteiger partial charge in [-0.3, -0.25) is 0 Å². The molecule has 0 aromatic heterocycles. The second-order valence-electron chi connectivity index (χ2n) is 7.03. The van der Waals surface area contributed by atoms with Crippen molar-refractivity contribution in [3.63, 3.8) is 0 Å². The van der Waals surface area contributed by atoms with Gasteiger partial charge in [0.05, 0.1) is 19.3 Å². The third kappa shape index (κ3) is 4.94. The number of rotatable bonds is 8. The molecule has 1 aliphatic heterocycles. The Labute approximate surface area is 197 Å². The molecule has 4 rings (SSSR count). The van der Waals surface area contributed by atoms with Crippen LogP contribution >= 0.6 is 0 Å². The van der Waals surface area contributed by atoms with Gasteiger partial charge in [-0.15, -0.1) is 0 Å². The SMILES string of the molecule is CCOc1cc(/C=C2\N=C(c3ccccc3OC)OC2=O)ccc1OS(=O)(=O)c1ccccc1. The summed E-state index contributed by atoms with van der Waals surface area (Å²) in [6, 6.07) is 19.5. The third-order valence-corrected chi connectivity index (χ3v) is 6.01. The van der Waals surface area contributed by atoms with Gasteiger partial charge in [-0.05, 0) is 55.0 Å². The van der Waals surface area contributed by atoms with E-state index in [0.29, 0.717) is 16.9 Å². The molecule has 0 saturated heterocycles. The number of methoxy groups -OCH3 is 1. The van der Waals surface area contributed by atoms with Crippen LogP contribution in [0.15, 0.2) is 88.4 Å². The van der Waals surface area contributed by atoms with Crippen molar-refractivity contribution < 1.29 is 31.6 Å². The number of ether oxygens (including phenoxy) is 3. The second kappa shape index (κ2) is 9.80. The summed E-state index contributed by atoms with van der Waals surface area (Å²) < 4.78 is 46.7. The van der Waals surface area contributed by atoms with Gasteiger partial charge < -0.3 is 18.4 Å². The summed E-state index contributed by atoms with van der Waals surface area (Å²) in [6.07, 6.45) is 1.52. The highest BCUT2D eigenvalue weighted by Crippen LogP contribution is 2.33. The first-order valence-corrected chi connectivity index (χ1v) is 11.7. The standard InChI is InChI=1S/C25H21NO7S/c1-3-31-23-16-17(13-14-22(23)33-34(28,29)18-9-5-4-6-10-18)15-20-25(27)32-24(26-20)19-11-7-8-12-21(19)30-2/h4-16H,3H2,1-2H3/b20-15-. The van der Waals surface area contributed by atoms with Crippen molar-refractivity contribution in [2.24, 2.45) is 4.99 Å². The highest BCUT2D eigenvalue weighted by molar-refractivity contribution is 7.87. The zero-order valence-electron chi connectivity index (χ0n) is 18.4. The van der Waals surface area contributed by atoms with Crippen LogP contribution in [0, 0.1) is 0 Å². The van der Waals surface area contributed by atoms with Crippen molar-refractivity contribution >= 4 is 28.1 Å². The van der Waals surface area contributed by atoms with Crippen molar-refractivity contribution in [2.45, 2.75) is 11.8 Å². The molecule has 0 amide bonds. The molecule has 1 heterocycles. The number of benzene rings is 3. The number of hydrogen-bond acceptors (Lipinski definition) is 8. The molecule has 0 aliphatic carbocycles. The molecule has 0 unspecified atom stereocenters. The van der Waals surface area contributed by atoms with Crippen molar-refractivity contribution in [1.82, 2.24) is 0 Å². The van der Waals surface area contributed by atoms with E-state index in [1.165, 1.54) is 31.4 Å². The number of para-hydroxylation sites is 1. The lowest BCUT2D eigenvalue weighted by Gasteiger charge is -2.12. The number of carbonyl (C=O) groups is 1. The van der Waals surface area contributed by atoms with Crippen LogP contribution in [-0.2, 0) is 19.6 Å². The number of cyclic esters (lactones) is 1. The first kappa shape index (κ1) is 23.1. The summed E-state index contributed by atoms with van der Waals surface area (Å²) in [5, 5.41) is 0. The largest absolute Gasteiger partial charge is 0.496 e. The molecular weight excluding hydrogens is 458 g/mol. The fraction of sp³-hybridized carbons (Fsp3) is 0.120. The maximum atomic E-state index is 12.6. The molecule has 1 aliphatic rings. The van der Waals surface area contributed by atoms with Gasteiger partial charge in [-0.2, -0.15) is 8.42 Å². The average molecular weight is 480 g/mol. The van der Waals surface area contributed by atoms with Gasteiger partial charge in [0, 0.05) is 0 Å². The van der Waals surface area contributed by atoms with E-state index in [-0.39, 0.29) is 34.6 Å². The normalized spacial score (nSPS) is 14.5. The van der Waals surface area contributed by atoms with E-state index in [0.717, 1.165) is 0 Å². The molecule has 174 valence electrons. The lowest BCUT2D eigenvalue weighted by Crippen LogP contribution is -2.10. The number of hydrogen-bond donors (Lipinski definition) is 0. The van der Waals surface area contributed by atoms with Crippen LogP contribution in [-0.4, -0.2) is 34.0 Å². The Morgan fingerprint density at radius 3 is 2.41 bits per heavy atom. The summed E-state index contributed by atoms with van der Waals surface area (Å²) in [6.45, 7) is 2.04. The monoisotopic (exact) mass is 479 g/mol. The first-order valence-electron chi connectivity index (χ1n) is 10.3. The number of nitrogens with zero attached hydrogens (tertiary/aromatic N) is 1. The van der Waals surface area contributed by atoms with E-state index in [1.54, 1.807) is 61.5 Å². The molecule has 0 radical (unpaired) electrons. The van der Waals surface area contributed by atoms with Crippen LogP contribution in [0.1, 0.15) is 18.1 Å². The maximum absolute atomic E-state index is 12.6.